The van der Waals surface area contributed by atoms with Gasteiger partial charge >= 0.3 is 0 Å². The van der Waals surface area contributed by atoms with E-state index in [0.29, 0.717) is 19.1 Å². The third-order valence-corrected chi connectivity index (χ3v) is 6.59. The Balaban J connectivity index is 1.29. The maximum atomic E-state index is 12.9. The predicted molar refractivity (Wildman–Crippen MR) is 120 cm³/mol. The second kappa shape index (κ2) is 9.92. The van der Waals surface area contributed by atoms with Gasteiger partial charge in [-0.1, -0.05) is 68.1 Å². The van der Waals surface area contributed by atoms with Crippen LogP contribution in [0, 0.1) is 5.92 Å². The number of nitrogens with one attached hydrogen (secondary N) is 1. The standard InChI is InChI=1S/C26H32N2O2/c29-25(27-24-10-6-1-2-7-11-24)22-16-18-28(19-17-22)26(30)23-14-12-21(13-15-23)20-8-4-3-5-9-20/h3-5,8-9,12-15,22,24H,1-2,6-7,10-11,16-19H2,(H,27,29). The largest absolute Gasteiger partial charge is 0.353 e. The zero-order valence-corrected chi connectivity index (χ0v) is 17.7. The van der Waals surface area contributed by atoms with E-state index in [4.69, 9.17) is 0 Å². The zero-order valence-electron chi connectivity index (χ0n) is 17.7. The number of piperidine rings is 1. The number of benzene rings is 2. The molecule has 1 aliphatic heterocycles. The molecule has 4 nitrogen and oxygen atoms in total. The number of hydrogen-bond donors (Lipinski definition) is 1. The van der Waals surface area contributed by atoms with E-state index in [1.165, 1.54) is 25.7 Å². The fourth-order valence-corrected chi connectivity index (χ4v) is 4.71. The Morgan fingerprint density at radius 2 is 1.33 bits per heavy atom. The molecule has 4 heteroatoms. The molecular weight excluding hydrogens is 372 g/mol. The van der Waals surface area contributed by atoms with E-state index in [1.54, 1.807) is 0 Å². The van der Waals surface area contributed by atoms with Gasteiger partial charge in [-0.2, -0.15) is 0 Å². The van der Waals surface area contributed by atoms with E-state index in [2.05, 4.69) is 17.4 Å². The molecule has 2 aromatic carbocycles. The molecular formula is C26H32N2O2. The summed E-state index contributed by atoms with van der Waals surface area (Å²) in [5.74, 6) is 0.302. The first-order valence-electron chi connectivity index (χ1n) is 11.5. The minimum atomic E-state index is 0.0396. The highest BCUT2D eigenvalue weighted by atomic mass is 16.2. The zero-order chi connectivity index (χ0) is 20.8. The van der Waals surface area contributed by atoms with E-state index in [-0.39, 0.29) is 17.7 Å². The van der Waals surface area contributed by atoms with Gasteiger partial charge in [0.25, 0.3) is 5.91 Å². The Bertz CT molecular complexity index is 831. The smallest absolute Gasteiger partial charge is 0.253 e. The maximum absolute atomic E-state index is 12.9. The lowest BCUT2D eigenvalue weighted by Gasteiger charge is -2.32. The summed E-state index contributed by atoms with van der Waals surface area (Å²) in [7, 11) is 0. The van der Waals surface area contributed by atoms with Crippen molar-refractivity contribution < 1.29 is 9.59 Å². The number of hydrogen-bond acceptors (Lipinski definition) is 2. The monoisotopic (exact) mass is 404 g/mol. The van der Waals surface area contributed by atoms with Crippen molar-refractivity contribution in [3.8, 4) is 11.1 Å². The number of amides is 2. The van der Waals surface area contributed by atoms with Crippen molar-refractivity contribution in [2.45, 2.75) is 57.4 Å². The molecule has 0 aromatic heterocycles. The number of carbonyl (C=O) groups excluding carboxylic acids is 2. The fourth-order valence-electron chi connectivity index (χ4n) is 4.71. The van der Waals surface area contributed by atoms with Gasteiger partial charge in [0, 0.05) is 30.6 Å². The van der Waals surface area contributed by atoms with Crippen molar-refractivity contribution in [2.24, 2.45) is 5.92 Å². The molecule has 2 aliphatic rings. The van der Waals surface area contributed by atoms with Crippen molar-refractivity contribution in [1.82, 2.24) is 10.2 Å². The second-order valence-electron chi connectivity index (χ2n) is 8.71. The van der Waals surface area contributed by atoms with Gasteiger partial charge in [-0.05, 0) is 48.9 Å². The van der Waals surface area contributed by atoms with Crippen LogP contribution in [-0.4, -0.2) is 35.8 Å². The Morgan fingerprint density at radius 1 is 0.733 bits per heavy atom. The summed E-state index contributed by atoms with van der Waals surface area (Å²) in [6.45, 7) is 1.31. The third kappa shape index (κ3) is 5.10. The van der Waals surface area contributed by atoms with Crippen LogP contribution in [0.5, 0.6) is 0 Å². The van der Waals surface area contributed by atoms with Crippen molar-refractivity contribution in [2.75, 3.05) is 13.1 Å². The number of rotatable bonds is 4. The van der Waals surface area contributed by atoms with E-state index in [1.807, 2.05) is 47.4 Å². The van der Waals surface area contributed by atoms with E-state index >= 15 is 0 Å². The van der Waals surface area contributed by atoms with Crippen LogP contribution in [0.25, 0.3) is 11.1 Å². The van der Waals surface area contributed by atoms with Crippen LogP contribution in [0.3, 0.4) is 0 Å². The highest BCUT2D eigenvalue weighted by Crippen LogP contribution is 2.23. The van der Waals surface area contributed by atoms with Gasteiger partial charge in [-0.15, -0.1) is 0 Å². The van der Waals surface area contributed by atoms with E-state index in [0.717, 1.165) is 42.4 Å². The van der Waals surface area contributed by atoms with Crippen molar-refractivity contribution in [1.29, 1.82) is 0 Å². The summed E-state index contributed by atoms with van der Waals surface area (Å²) in [5, 5.41) is 3.28. The molecule has 0 spiro atoms. The summed E-state index contributed by atoms with van der Waals surface area (Å²) in [5.41, 5.74) is 2.98. The van der Waals surface area contributed by atoms with Crippen LogP contribution in [0.4, 0.5) is 0 Å². The minimum Gasteiger partial charge on any atom is -0.353 e. The highest BCUT2D eigenvalue weighted by Gasteiger charge is 2.29. The first-order valence-corrected chi connectivity index (χ1v) is 11.5. The summed E-state index contributed by atoms with van der Waals surface area (Å²) >= 11 is 0. The quantitative estimate of drug-likeness (QED) is 0.726. The highest BCUT2D eigenvalue weighted by molar-refractivity contribution is 5.95. The average Bonchev–Trinajstić information content (AvgIpc) is 3.08. The van der Waals surface area contributed by atoms with Gasteiger partial charge in [0.2, 0.25) is 5.91 Å². The van der Waals surface area contributed by atoms with Crippen molar-refractivity contribution >= 4 is 11.8 Å². The normalized spacial score (nSPS) is 18.6. The van der Waals surface area contributed by atoms with E-state index < -0.39 is 0 Å². The second-order valence-corrected chi connectivity index (χ2v) is 8.71. The molecule has 0 atom stereocenters. The van der Waals surface area contributed by atoms with Crippen LogP contribution in [0.2, 0.25) is 0 Å². The van der Waals surface area contributed by atoms with Crippen LogP contribution in [0.1, 0.15) is 61.7 Å². The van der Waals surface area contributed by atoms with Crippen LogP contribution >= 0.6 is 0 Å². The molecule has 1 N–H and O–H groups in total. The maximum Gasteiger partial charge on any atom is 0.253 e. The molecule has 2 fully saturated rings. The Kier molecular flexibility index (Phi) is 6.83. The summed E-state index contributed by atoms with van der Waals surface area (Å²) < 4.78 is 0. The molecule has 158 valence electrons. The average molecular weight is 405 g/mol. The lowest BCUT2D eigenvalue weighted by Crippen LogP contribution is -2.45. The van der Waals surface area contributed by atoms with Crippen LogP contribution < -0.4 is 5.32 Å². The van der Waals surface area contributed by atoms with Gasteiger partial charge in [0.05, 0.1) is 0 Å². The summed E-state index contributed by atoms with van der Waals surface area (Å²) in [4.78, 5) is 27.5. The summed E-state index contributed by atoms with van der Waals surface area (Å²) in [6, 6.07) is 18.4. The molecule has 0 bridgehead atoms. The molecule has 0 unspecified atom stereocenters. The van der Waals surface area contributed by atoms with Gasteiger partial charge in [0.1, 0.15) is 0 Å². The van der Waals surface area contributed by atoms with Crippen molar-refractivity contribution in [3.05, 3.63) is 60.2 Å². The summed E-state index contributed by atoms with van der Waals surface area (Å²) in [6.07, 6.45) is 8.77. The van der Waals surface area contributed by atoms with Gasteiger partial charge < -0.3 is 10.2 Å². The molecule has 4 rings (SSSR count). The number of carbonyl (C=O) groups is 2. The molecule has 1 heterocycles. The topological polar surface area (TPSA) is 49.4 Å². The first-order chi connectivity index (χ1) is 14.7. The molecule has 1 saturated carbocycles. The Morgan fingerprint density at radius 3 is 1.97 bits per heavy atom. The molecule has 1 saturated heterocycles. The fraction of sp³-hybridized carbons (Fsp3) is 0.462. The van der Waals surface area contributed by atoms with Gasteiger partial charge in [-0.3, -0.25) is 9.59 Å². The van der Waals surface area contributed by atoms with Crippen LogP contribution in [0.15, 0.2) is 54.6 Å². The number of nitrogens with zero attached hydrogens (tertiary/aromatic N) is 1. The lowest BCUT2D eigenvalue weighted by atomic mass is 9.94. The Labute approximate surface area is 179 Å². The van der Waals surface area contributed by atoms with Gasteiger partial charge in [0.15, 0.2) is 0 Å². The lowest BCUT2D eigenvalue weighted by molar-refractivity contribution is -0.127. The molecule has 2 aromatic rings. The molecule has 1 aliphatic carbocycles. The van der Waals surface area contributed by atoms with Crippen molar-refractivity contribution in [3.63, 3.8) is 0 Å². The predicted octanol–water partition coefficient (Wildman–Crippen LogP) is 5.04. The van der Waals surface area contributed by atoms with Crippen LogP contribution in [-0.2, 0) is 4.79 Å². The molecule has 2 amide bonds. The molecule has 30 heavy (non-hydrogen) atoms. The minimum absolute atomic E-state index is 0.0396. The first kappa shape index (κ1) is 20.6. The molecule has 0 radical (unpaired) electrons. The number of likely N-dealkylation sites (tertiary alicyclic amines) is 1. The Hall–Kier alpha value is -2.62. The third-order valence-electron chi connectivity index (χ3n) is 6.59. The SMILES string of the molecule is O=C(NC1CCCCCC1)C1CCN(C(=O)c2ccc(-c3ccccc3)cc2)CC1. The van der Waals surface area contributed by atoms with Gasteiger partial charge in [-0.25, -0.2) is 0 Å². The van der Waals surface area contributed by atoms with E-state index in [9.17, 15) is 9.59 Å².